The number of carboxylic acids is 1. The van der Waals surface area contributed by atoms with Crippen LogP contribution in [0.4, 0.5) is 5.13 Å². The number of benzene rings is 3. The van der Waals surface area contributed by atoms with E-state index in [1.54, 1.807) is 12.3 Å². The first-order chi connectivity index (χ1) is 23.2. The van der Waals surface area contributed by atoms with E-state index in [0.717, 1.165) is 16.7 Å². The van der Waals surface area contributed by atoms with Gasteiger partial charge in [-0.15, -0.1) is 22.9 Å². The Morgan fingerprint density at radius 3 is 2.12 bits per heavy atom. The minimum Gasteiger partial charge on any atom is -0.481 e. The van der Waals surface area contributed by atoms with Crippen molar-refractivity contribution >= 4 is 62.4 Å². The molecule has 0 aliphatic carbocycles. The number of amides is 2. The van der Waals surface area contributed by atoms with Crippen molar-refractivity contribution in [2.75, 3.05) is 30.1 Å². The fourth-order valence-corrected chi connectivity index (χ4v) is 9.18. The van der Waals surface area contributed by atoms with Gasteiger partial charge >= 0.3 is 5.97 Å². The number of fused-ring (bicyclic) bond motifs is 1. The van der Waals surface area contributed by atoms with Gasteiger partial charge in [0.2, 0.25) is 5.91 Å². The molecule has 14 heteroatoms. The molecule has 3 heterocycles. The number of carboxylic acid groups (broad SMARTS) is 1. The highest BCUT2D eigenvalue weighted by molar-refractivity contribution is 7.86. The monoisotopic (exact) mass is 705 g/mol. The minimum absolute atomic E-state index is 0.167. The fraction of sp³-hybridized carbons (Fsp3) is 0.265. The van der Waals surface area contributed by atoms with Crippen molar-refractivity contribution in [2.24, 2.45) is 10.6 Å². The number of carbonyl (C=O) groups is 3. The first kappa shape index (κ1) is 33.3. The molecule has 3 unspecified atom stereocenters. The predicted octanol–water partition coefficient (Wildman–Crippen LogP) is 4.01. The maximum absolute atomic E-state index is 13.7. The number of carbonyl (C=O) groups excluding carboxylic acids is 2. The van der Waals surface area contributed by atoms with E-state index in [4.69, 9.17) is 21.4 Å². The summed E-state index contributed by atoms with van der Waals surface area (Å²) in [5.74, 6) is -3.05. The third-order valence-electron chi connectivity index (χ3n) is 8.46. The van der Waals surface area contributed by atoms with Crippen LogP contribution in [0.1, 0.15) is 29.3 Å². The van der Waals surface area contributed by atoms with Crippen LogP contribution in [0.2, 0.25) is 0 Å². The van der Waals surface area contributed by atoms with E-state index in [2.05, 4.69) is 15.8 Å². The van der Waals surface area contributed by atoms with Crippen molar-refractivity contribution in [1.82, 2.24) is 15.2 Å². The molecule has 3 aromatic carbocycles. The van der Waals surface area contributed by atoms with Crippen LogP contribution >= 0.6 is 22.9 Å². The summed E-state index contributed by atoms with van der Waals surface area (Å²) in [6.45, 7) is 1.69. The summed E-state index contributed by atoms with van der Waals surface area (Å²) in [5, 5.41) is 21.3. The molecule has 11 nitrogen and oxygen atoms in total. The van der Waals surface area contributed by atoms with E-state index in [1.807, 2.05) is 91.0 Å². The largest absolute Gasteiger partial charge is 0.481 e. The summed E-state index contributed by atoms with van der Waals surface area (Å²) in [6, 6.07) is 28.8. The van der Waals surface area contributed by atoms with Crippen LogP contribution in [-0.2, 0) is 35.6 Å². The lowest BCUT2D eigenvalue weighted by Gasteiger charge is -2.53. The van der Waals surface area contributed by atoms with Crippen molar-refractivity contribution < 1.29 is 28.5 Å². The third-order valence-corrected chi connectivity index (χ3v) is 11.6. The summed E-state index contributed by atoms with van der Waals surface area (Å²) < 4.78 is 13.1. The Morgan fingerprint density at radius 1 is 1.06 bits per heavy atom. The zero-order chi connectivity index (χ0) is 33.9. The molecule has 2 fully saturated rings. The highest BCUT2D eigenvalue weighted by Gasteiger charge is 2.60. The summed E-state index contributed by atoms with van der Waals surface area (Å²) in [7, 11) is -1.78. The van der Waals surface area contributed by atoms with Gasteiger partial charge in [-0.3, -0.25) is 18.6 Å². The van der Waals surface area contributed by atoms with Gasteiger partial charge in [-0.25, -0.2) is 4.98 Å². The molecule has 0 saturated carbocycles. The quantitative estimate of drug-likeness (QED) is 0.0658. The number of thiazole rings is 1. The maximum atomic E-state index is 13.7. The number of nitrogens with one attached hydrogen (secondary N) is 2. The van der Waals surface area contributed by atoms with Gasteiger partial charge in [0.25, 0.3) is 5.91 Å². The van der Waals surface area contributed by atoms with Crippen LogP contribution in [0.15, 0.2) is 102 Å². The van der Waals surface area contributed by atoms with Crippen molar-refractivity contribution in [1.29, 1.82) is 0 Å². The molecular formula is C34H32ClN5O6S2. The van der Waals surface area contributed by atoms with Gasteiger partial charge in [-0.2, -0.15) is 0 Å². The van der Waals surface area contributed by atoms with Crippen LogP contribution < -0.4 is 10.6 Å². The molecular weight excluding hydrogens is 674 g/mol. The van der Waals surface area contributed by atoms with Gasteiger partial charge in [0, 0.05) is 34.4 Å². The molecule has 0 spiro atoms. The van der Waals surface area contributed by atoms with Crippen LogP contribution in [0.25, 0.3) is 0 Å². The third kappa shape index (κ3) is 5.97. The number of alkyl halides is 1. The number of oxime groups is 1. The smallest absolute Gasteiger partial charge is 0.313 e. The van der Waals surface area contributed by atoms with Gasteiger partial charge in [-0.05, 0) is 23.6 Å². The zero-order valence-electron chi connectivity index (χ0n) is 25.7. The number of halogens is 1. The number of rotatable bonds is 12. The van der Waals surface area contributed by atoms with Crippen molar-refractivity contribution in [3.63, 3.8) is 0 Å². The van der Waals surface area contributed by atoms with Crippen molar-refractivity contribution in [2.45, 2.75) is 23.9 Å². The zero-order valence-corrected chi connectivity index (χ0v) is 28.1. The number of β-lactam (4-membered cyclic amide) rings is 1. The summed E-state index contributed by atoms with van der Waals surface area (Å²) in [4.78, 5) is 49.9. The van der Waals surface area contributed by atoms with Gasteiger partial charge in [0.15, 0.2) is 10.8 Å². The predicted molar refractivity (Wildman–Crippen MR) is 184 cm³/mol. The Hall–Kier alpha value is -4.59. The average molecular weight is 706 g/mol. The Bertz CT molecular complexity index is 1760. The Balaban J connectivity index is 1.30. The van der Waals surface area contributed by atoms with Crippen LogP contribution in [-0.4, -0.2) is 78.9 Å². The van der Waals surface area contributed by atoms with Gasteiger partial charge in [-0.1, -0.05) is 96.2 Å². The number of hydrogen-bond donors (Lipinski definition) is 3. The summed E-state index contributed by atoms with van der Waals surface area (Å²) in [6.07, 6.45) is 0. The number of anilines is 1. The normalized spacial score (nSPS) is 22.3. The lowest BCUT2D eigenvalue weighted by atomic mass is 9.77. The number of aliphatic carboxylic acids is 1. The first-order valence-corrected chi connectivity index (χ1v) is 17.9. The minimum atomic E-state index is -1.78. The van der Waals surface area contributed by atoms with Crippen LogP contribution in [0.5, 0.6) is 0 Å². The van der Waals surface area contributed by atoms with Gasteiger partial charge < -0.3 is 25.5 Å². The standard InChI is InChI=1S/C34H32ClN5O6S2/c1-2-46-39-26(28(41)37-27-29(42)40-20-33(19-35,31(43)44)21-48(45)30(27)40)25-18-47-32(36-25)38-34(22-12-6-3-7-13-22,23-14-8-4-9-15-23)24-16-10-5-11-17-24/h3-18,27,30H,2,19-21H2,1H3,(H,36,38)(H,37,41)(H,43,44)/t27?,30-,33?,48?/m1/s1. The number of aromatic nitrogens is 1. The van der Waals surface area contributed by atoms with Crippen LogP contribution in [0, 0.1) is 5.41 Å². The topological polar surface area (TPSA) is 150 Å². The van der Waals surface area contributed by atoms with Crippen LogP contribution in [0.3, 0.4) is 0 Å². The van der Waals surface area contributed by atoms with E-state index >= 15 is 0 Å². The molecule has 4 atom stereocenters. The summed E-state index contributed by atoms with van der Waals surface area (Å²) >= 11 is 7.22. The van der Waals surface area contributed by atoms with E-state index < -0.39 is 51.0 Å². The van der Waals surface area contributed by atoms with E-state index in [9.17, 15) is 23.7 Å². The molecule has 3 N–H and O–H groups in total. The molecule has 2 amide bonds. The van der Waals surface area contributed by atoms with Crippen molar-refractivity contribution in [3.8, 4) is 0 Å². The van der Waals surface area contributed by atoms with Gasteiger partial charge in [0.05, 0.1) is 0 Å². The first-order valence-electron chi connectivity index (χ1n) is 15.1. The van der Waals surface area contributed by atoms with E-state index in [-0.39, 0.29) is 36.2 Å². The molecule has 2 aliphatic rings. The molecule has 4 aromatic rings. The average Bonchev–Trinajstić information content (AvgIpc) is 3.58. The Morgan fingerprint density at radius 2 is 1.62 bits per heavy atom. The molecule has 248 valence electrons. The molecule has 0 radical (unpaired) electrons. The Kier molecular flexibility index (Phi) is 9.63. The molecule has 6 rings (SSSR count). The summed E-state index contributed by atoms with van der Waals surface area (Å²) in [5.41, 5.74) is 0.558. The SMILES string of the molecule is CCON=C(C(=O)NC1C(=O)N2CC(CCl)(C(=O)O)CS(=O)[C@H]12)c1csc(NC(c2ccccc2)(c2ccccc2)c2ccccc2)n1. The second kappa shape index (κ2) is 13.9. The number of nitrogens with zero attached hydrogens (tertiary/aromatic N) is 3. The number of hydrogen-bond acceptors (Lipinski definition) is 9. The molecule has 48 heavy (non-hydrogen) atoms. The molecule has 2 aliphatic heterocycles. The molecule has 0 bridgehead atoms. The maximum Gasteiger partial charge on any atom is 0.313 e. The second-order valence-corrected chi connectivity index (χ2v) is 14.1. The lowest BCUT2D eigenvalue weighted by molar-refractivity contribution is -0.157. The highest BCUT2D eigenvalue weighted by atomic mass is 35.5. The second-order valence-electron chi connectivity index (χ2n) is 11.4. The van der Waals surface area contributed by atoms with Crippen molar-refractivity contribution in [3.05, 3.63) is 119 Å². The van der Waals surface area contributed by atoms with E-state index in [1.165, 1.54) is 16.2 Å². The highest BCUT2D eigenvalue weighted by Crippen LogP contribution is 2.41. The fourth-order valence-electron chi connectivity index (χ4n) is 6.04. The molecule has 2 saturated heterocycles. The lowest BCUT2D eigenvalue weighted by Crippen LogP contribution is -2.77. The Labute approximate surface area is 288 Å². The van der Waals surface area contributed by atoms with E-state index in [0.29, 0.717) is 5.13 Å². The molecule has 1 aromatic heterocycles. The van der Waals surface area contributed by atoms with Gasteiger partial charge in [0.1, 0.15) is 34.7 Å².